The van der Waals surface area contributed by atoms with Crippen molar-refractivity contribution in [3.8, 4) is 11.4 Å². The third-order valence-corrected chi connectivity index (χ3v) is 6.76. The number of hydrogen-bond acceptors (Lipinski definition) is 4. The first-order chi connectivity index (χ1) is 14.7. The van der Waals surface area contributed by atoms with E-state index in [1.807, 2.05) is 49.5 Å². The van der Waals surface area contributed by atoms with Gasteiger partial charge in [-0.1, -0.05) is 61.2 Å². The molecule has 2 aromatic carbocycles. The molecule has 30 heavy (non-hydrogen) atoms. The third kappa shape index (κ3) is 3.45. The smallest absolute Gasteiger partial charge is 0.192 e. The second-order valence-electron chi connectivity index (χ2n) is 7.83. The maximum atomic E-state index is 13.0. The Kier molecular flexibility index (Phi) is 4.95. The largest absolute Gasteiger partial charge is 0.360 e. The van der Waals surface area contributed by atoms with E-state index in [-0.39, 0.29) is 11.0 Å². The summed E-state index contributed by atoms with van der Waals surface area (Å²) in [7, 11) is 0. The van der Waals surface area contributed by atoms with Crippen LogP contribution in [-0.2, 0) is 6.42 Å². The number of para-hydroxylation sites is 1. The first-order valence-corrected chi connectivity index (χ1v) is 11.3. The number of carbonyl (C=O) groups excluding carboxylic acids is 1. The molecule has 0 bridgehead atoms. The van der Waals surface area contributed by atoms with Crippen LogP contribution in [0.3, 0.4) is 0 Å². The van der Waals surface area contributed by atoms with Crippen LogP contribution < -0.4 is 0 Å². The van der Waals surface area contributed by atoms with Crippen molar-refractivity contribution in [3.05, 3.63) is 65.9 Å². The van der Waals surface area contributed by atoms with Gasteiger partial charge in [0.1, 0.15) is 0 Å². The van der Waals surface area contributed by atoms with E-state index in [0.717, 1.165) is 52.3 Å². The first kappa shape index (κ1) is 19.1. The number of benzene rings is 2. The molecule has 0 saturated heterocycles. The number of fused-ring (bicyclic) bond motifs is 1. The van der Waals surface area contributed by atoms with Crippen LogP contribution in [0, 0.1) is 0 Å². The van der Waals surface area contributed by atoms with Crippen LogP contribution in [-0.4, -0.2) is 30.8 Å². The topological polar surface area (TPSA) is 63.6 Å². The average Bonchev–Trinajstić information content (AvgIpc) is 3.40. The summed E-state index contributed by atoms with van der Waals surface area (Å²) < 4.78 is 2.23. The SMILES string of the molecule is CCc1ccc(C(=O)[C@@H](C)Sc2nnc(-c3c[nH]c4ccccc34)n2C2CC2)cc1. The van der Waals surface area contributed by atoms with E-state index in [2.05, 4.69) is 38.8 Å². The number of aromatic amines is 1. The van der Waals surface area contributed by atoms with Crippen molar-refractivity contribution in [2.45, 2.75) is 49.6 Å². The van der Waals surface area contributed by atoms with Gasteiger partial charge in [-0.15, -0.1) is 10.2 Å². The number of aryl methyl sites for hydroxylation is 1. The van der Waals surface area contributed by atoms with Crippen LogP contribution in [0.5, 0.6) is 0 Å². The van der Waals surface area contributed by atoms with Crippen molar-refractivity contribution < 1.29 is 4.79 Å². The normalized spacial score (nSPS) is 14.9. The molecule has 0 spiro atoms. The molecule has 1 fully saturated rings. The zero-order chi connectivity index (χ0) is 20.7. The van der Waals surface area contributed by atoms with Crippen molar-refractivity contribution in [2.24, 2.45) is 0 Å². The van der Waals surface area contributed by atoms with Gasteiger partial charge >= 0.3 is 0 Å². The Bertz CT molecular complexity index is 1200. The van der Waals surface area contributed by atoms with Gasteiger partial charge in [-0.25, -0.2) is 0 Å². The van der Waals surface area contributed by atoms with E-state index in [0.29, 0.717) is 6.04 Å². The van der Waals surface area contributed by atoms with Gasteiger partial charge in [0.25, 0.3) is 0 Å². The van der Waals surface area contributed by atoms with Crippen LogP contribution >= 0.6 is 11.8 Å². The minimum absolute atomic E-state index is 0.127. The van der Waals surface area contributed by atoms with Gasteiger partial charge in [-0.05, 0) is 37.8 Å². The molecule has 152 valence electrons. The van der Waals surface area contributed by atoms with Crippen molar-refractivity contribution in [2.75, 3.05) is 0 Å². The molecule has 0 unspecified atom stereocenters. The Morgan fingerprint density at radius 2 is 1.93 bits per heavy atom. The van der Waals surface area contributed by atoms with E-state index >= 15 is 0 Å². The molecule has 5 rings (SSSR count). The summed E-state index contributed by atoms with van der Waals surface area (Å²) in [6.45, 7) is 4.07. The second-order valence-corrected chi connectivity index (χ2v) is 9.14. The standard InChI is InChI=1S/C24H24N4OS/c1-3-16-8-10-17(11-9-16)22(29)15(2)30-24-27-26-23(28(24)18-12-13-18)20-14-25-21-7-5-4-6-19(20)21/h4-11,14-15,18,25H,3,12-13H2,1-2H3/t15-/m1/s1. The summed E-state index contributed by atoms with van der Waals surface area (Å²) in [4.78, 5) is 16.3. The number of ketones is 1. The van der Waals surface area contributed by atoms with Crippen LogP contribution in [0.15, 0.2) is 59.9 Å². The predicted molar refractivity (Wildman–Crippen MR) is 121 cm³/mol. The molecule has 0 aliphatic heterocycles. The van der Waals surface area contributed by atoms with E-state index in [1.165, 1.54) is 17.3 Å². The molecule has 5 nitrogen and oxygen atoms in total. The van der Waals surface area contributed by atoms with Crippen LogP contribution in [0.1, 0.15) is 48.7 Å². The fourth-order valence-electron chi connectivity index (χ4n) is 3.81. The fourth-order valence-corrected chi connectivity index (χ4v) is 4.81. The van der Waals surface area contributed by atoms with Gasteiger partial charge in [0.2, 0.25) is 0 Å². The van der Waals surface area contributed by atoms with Gasteiger partial charge in [0.05, 0.1) is 5.25 Å². The first-order valence-electron chi connectivity index (χ1n) is 10.5. The summed E-state index contributed by atoms with van der Waals surface area (Å²) in [5.41, 5.74) is 4.14. The summed E-state index contributed by atoms with van der Waals surface area (Å²) in [5, 5.41) is 10.8. The molecular formula is C24H24N4OS. The van der Waals surface area contributed by atoms with Gasteiger partial charge in [0.15, 0.2) is 16.8 Å². The van der Waals surface area contributed by atoms with Gasteiger partial charge in [-0.3, -0.25) is 9.36 Å². The van der Waals surface area contributed by atoms with E-state index in [1.54, 1.807) is 0 Å². The average molecular weight is 417 g/mol. The number of nitrogens with one attached hydrogen (secondary N) is 1. The van der Waals surface area contributed by atoms with Crippen LogP contribution in [0.25, 0.3) is 22.3 Å². The molecule has 1 atom stereocenters. The van der Waals surface area contributed by atoms with Crippen LogP contribution in [0.2, 0.25) is 0 Å². The minimum atomic E-state index is -0.227. The van der Waals surface area contributed by atoms with Gasteiger partial charge in [-0.2, -0.15) is 0 Å². The highest BCUT2D eigenvalue weighted by atomic mass is 32.2. The lowest BCUT2D eigenvalue weighted by Crippen LogP contribution is -2.14. The van der Waals surface area contributed by atoms with E-state index < -0.39 is 0 Å². The number of nitrogens with zero attached hydrogens (tertiary/aromatic N) is 3. The molecule has 1 N–H and O–H groups in total. The fraction of sp³-hybridized carbons (Fsp3) is 0.292. The zero-order valence-corrected chi connectivity index (χ0v) is 17.9. The maximum Gasteiger partial charge on any atom is 0.192 e. The summed E-state index contributed by atoms with van der Waals surface area (Å²) in [6.07, 6.45) is 5.23. The lowest BCUT2D eigenvalue weighted by atomic mass is 10.1. The van der Waals surface area contributed by atoms with Crippen LogP contribution in [0.4, 0.5) is 0 Å². The Hall–Kier alpha value is -2.86. The molecule has 4 aromatic rings. The molecule has 2 aromatic heterocycles. The number of carbonyl (C=O) groups is 1. The van der Waals surface area contributed by atoms with Crippen molar-refractivity contribution in [3.63, 3.8) is 0 Å². The highest BCUT2D eigenvalue weighted by molar-refractivity contribution is 8.00. The summed E-state index contributed by atoms with van der Waals surface area (Å²) in [5.74, 6) is 1.01. The van der Waals surface area contributed by atoms with E-state index in [9.17, 15) is 4.79 Å². The Morgan fingerprint density at radius 1 is 1.17 bits per heavy atom. The molecule has 2 heterocycles. The Balaban J connectivity index is 1.44. The lowest BCUT2D eigenvalue weighted by Gasteiger charge is -2.12. The highest BCUT2D eigenvalue weighted by Crippen LogP contribution is 2.43. The lowest BCUT2D eigenvalue weighted by molar-refractivity contribution is 0.0994. The maximum absolute atomic E-state index is 13.0. The molecular weight excluding hydrogens is 392 g/mol. The number of Topliss-reactive ketones (excluding diaryl/α,β-unsaturated/α-hetero) is 1. The van der Waals surface area contributed by atoms with Crippen molar-refractivity contribution in [1.29, 1.82) is 0 Å². The third-order valence-electron chi connectivity index (χ3n) is 5.70. The van der Waals surface area contributed by atoms with Gasteiger partial charge in [0, 0.05) is 34.3 Å². The van der Waals surface area contributed by atoms with E-state index in [4.69, 9.17) is 0 Å². The number of rotatable bonds is 7. The van der Waals surface area contributed by atoms with Crippen molar-refractivity contribution in [1.82, 2.24) is 19.7 Å². The molecule has 1 aliphatic carbocycles. The second kappa shape index (κ2) is 7.76. The Labute approximate surface area is 179 Å². The number of thioether (sulfide) groups is 1. The minimum Gasteiger partial charge on any atom is -0.360 e. The number of aromatic nitrogens is 4. The molecule has 0 amide bonds. The zero-order valence-electron chi connectivity index (χ0n) is 17.1. The monoisotopic (exact) mass is 416 g/mol. The summed E-state index contributed by atoms with van der Waals surface area (Å²) >= 11 is 1.50. The number of H-pyrrole nitrogens is 1. The quantitative estimate of drug-likeness (QED) is 0.311. The summed E-state index contributed by atoms with van der Waals surface area (Å²) in [6, 6.07) is 16.6. The Morgan fingerprint density at radius 3 is 2.67 bits per heavy atom. The van der Waals surface area contributed by atoms with Crippen molar-refractivity contribution >= 4 is 28.4 Å². The highest BCUT2D eigenvalue weighted by Gasteiger charge is 2.32. The number of hydrogen-bond donors (Lipinski definition) is 1. The van der Waals surface area contributed by atoms with Gasteiger partial charge < -0.3 is 4.98 Å². The molecule has 1 saturated carbocycles. The predicted octanol–water partition coefficient (Wildman–Crippen LogP) is 5.69. The molecule has 0 radical (unpaired) electrons. The molecule has 1 aliphatic rings. The molecule has 6 heteroatoms.